The molecule has 0 aromatic carbocycles. The molecule has 0 spiro atoms. The Morgan fingerprint density at radius 2 is 2.38 bits per heavy atom. The zero-order valence-corrected chi connectivity index (χ0v) is 5.10. The molecule has 4 heteroatoms. The Hall–Kier alpha value is -0.0600. The van der Waals surface area contributed by atoms with Crippen LogP contribution in [0.15, 0.2) is 0 Å². The largest absolute Gasteiger partial charge is 0.393 e. The van der Waals surface area contributed by atoms with Crippen molar-refractivity contribution in [3.05, 3.63) is 0 Å². The molecule has 48 valence electrons. The molecule has 0 aliphatic rings. The Bertz CT molecular complexity index is 66.3. The molecule has 0 aliphatic carbocycles. The summed E-state index contributed by atoms with van der Waals surface area (Å²) in [4.78, 5) is 9.61. The molecule has 0 radical (unpaired) electrons. The molecule has 0 bridgehead atoms. The molecule has 0 aromatic heterocycles. The first-order chi connectivity index (χ1) is 3.81. The maximum atomic E-state index is 9.61. The summed E-state index contributed by atoms with van der Waals surface area (Å²) in [7, 11) is 0. The van der Waals surface area contributed by atoms with E-state index in [0.29, 0.717) is 6.29 Å². The standard InChI is InChI=1S/C4H8O3S/c5-1-2-8-4(7)3-6/h1,4,6-7H,2-3H2/t4-/m0/s1. The number of carbonyl (C=O) groups excluding carboxylic acids is 1. The Morgan fingerprint density at radius 1 is 1.75 bits per heavy atom. The van der Waals surface area contributed by atoms with Crippen molar-refractivity contribution in [2.75, 3.05) is 12.4 Å². The number of aldehydes is 1. The van der Waals surface area contributed by atoms with Crippen LogP contribution in [-0.2, 0) is 4.79 Å². The lowest BCUT2D eigenvalue weighted by Gasteiger charge is -2.00. The van der Waals surface area contributed by atoms with Crippen LogP contribution in [0, 0.1) is 0 Å². The van der Waals surface area contributed by atoms with Crippen molar-refractivity contribution in [3.63, 3.8) is 0 Å². The van der Waals surface area contributed by atoms with Crippen LogP contribution >= 0.6 is 11.8 Å². The molecular weight excluding hydrogens is 128 g/mol. The summed E-state index contributed by atoms with van der Waals surface area (Å²) in [5.41, 5.74) is -0.805. The van der Waals surface area contributed by atoms with E-state index in [4.69, 9.17) is 10.2 Å². The van der Waals surface area contributed by atoms with Crippen molar-refractivity contribution < 1.29 is 15.0 Å². The van der Waals surface area contributed by atoms with Gasteiger partial charge in [-0.15, -0.1) is 11.8 Å². The van der Waals surface area contributed by atoms with E-state index in [-0.39, 0.29) is 12.4 Å². The summed E-state index contributed by atoms with van der Waals surface area (Å²) in [6, 6.07) is 0. The fraction of sp³-hybridized carbons (Fsp3) is 0.750. The second-order valence-corrected chi connectivity index (χ2v) is 2.35. The molecule has 0 saturated carbocycles. The van der Waals surface area contributed by atoms with Gasteiger partial charge < -0.3 is 15.0 Å². The predicted molar refractivity (Wildman–Crippen MR) is 31.6 cm³/mol. The third-order valence-corrected chi connectivity index (χ3v) is 1.38. The minimum Gasteiger partial charge on any atom is -0.393 e. The van der Waals surface area contributed by atoms with Gasteiger partial charge in [-0.2, -0.15) is 0 Å². The van der Waals surface area contributed by atoms with Crippen LogP contribution < -0.4 is 0 Å². The first-order valence-electron chi connectivity index (χ1n) is 2.15. The Balaban J connectivity index is 2.97. The highest BCUT2D eigenvalue weighted by Crippen LogP contribution is 2.03. The third kappa shape index (κ3) is 4.11. The predicted octanol–water partition coefficient (Wildman–Crippen LogP) is -0.771. The van der Waals surface area contributed by atoms with Gasteiger partial charge in [0.1, 0.15) is 11.7 Å². The minimum atomic E-state index is -0.805. The monoisotopic (exact) mass is 136 g/mol. The van der Waals surface area contributed by atoms with Gasteiger partial charge in [0.2, 0.25) is 0 Å². The maximum Gasteiger partial charge on any atom is 0.129 e. The summed E-state index contributed by atoms with van der Waals surface area (Å²) < 4.78 is 0. The van der Waals surface area contributed by atoms with Gasteiger partial charge in [-0.05, 0) is 0 Å². The zero-order valence-electron chi connectivity index (χ0n) is 4.28. The summed E-state index contributed by atoms with van der Waals surface area (Å²) in [5, 5.41) is 16.7. The second kappa shape index (κ2) is 5.08. The number of thioether (sulfide) groups is 1. The first kappa shape index (κ1) is 7.94. The van der Waals surface area contributed by atoms with Crippen LogP contribution in [0.4, 0.5) is 0 Å². The average molecular weight is 136 g/mol. The molecule has 0 rings (SSSR count). The van der Waals surface area contributed by atoms with E-state index in [1.807, 2.05) is 0 Å². The summed E-state index contributed by atoms with van der Waals surface area (Å²) >= 11 is 1.01. The van der Waals surface area contributed by atoms with Crippen molar-refractivity contribution in [2.24, 2.45) is 0 Å². The SMILES string of the molecule is O=CCS[C@H](O)CO. The molecule has 3 nitrogen and oxygen atoms in total. The number of rotatable bonds is 4. The first-order valence-corrected chi connectivity index (χ1v) is 3.20. The highest BCUT2D eigenvalue weighted by molar-refractivity contribution is 8.00. The third-order valence-electron chi connectivity index (χ3n) is 0.513. The number of hydrogen-bond acceptors (Lipinski definition) is 4. The van der Waals surface area contributed by atoms with E-state index < -0.39 is 5.44 Å². The van der Waals surface area contributed by atoms with Gasteiger partial charge in [-0.25, -0.2) is 0 Å². The van der Waals surface area contributed by atoms with Gasteiger partial charge in [0, 0.05) is 0 Å². The van der Waals surface area contributed by atoms with Crippen LogP contribution in [0.5, 0.6) is 0 Å². The van der Waals surface area contributed by atoms with Crippen LogP contribution in [0.3, 0.4) is 0 Å². The molecule has 0 aromatic rings. The second-order valence-electron chi connectivity index (χ2n) is 1.14. The van der Waals surface area contributed by atoms with Crippen LogP contribution in [0.2, 0.25) is 0 Å². The minimum absolute atomic E-state index is 0.238. The number of carbonyl (C=O) groups is 1. The molecule has 2 N–H and O–H groups in total. The lowest BCUT2D eigenvalue weighted by atomic mass is 10.8. The molecule has 0 saturated heterocycles. The van der Waals surface area contributed by atoms with E-state index >= 15 is 0 Å². The lowest BCUT2D eigenvalue weighted by molar-refractivity contribution is -0.105. The van der Waals surface area contributed by atoms with E-state index in [2.05, 4.69) is 0 Å². The molecule has 1 atom stereocenters. The summed E-state index contributed by atoms with van der Waals surface area (Å²) in [5.74, 6) is 0.238. The van der Waals surface area contributed by atoms with Crippen LogP contribution in [0.1, 0.15) is 0 Å². The fourth-order valence-electron chi connectivity index (χ4n) is 0.203. The molecule has 0 aliphatic heterocycles. The summed E-state index contributed by atoms with van der Waals surface area (Å²) in [6.07, 6.45) is 0.684. The van der Waals surface area contributed by atoms with Crippen molar-refractivity contribution in [3.8, 4) is 0 Å². The number of aliphatic hydroxyl groups excluding tert-OH is 2. The van der Waals surface area contributed by atoms with E-state index in [9.17, 15) is 4.79 Å². The van der Waals surface area contributed by atoms with Gasteiger partial charge >= 0.3 is 0 Å². The molecule has 0 unspecified atom stereocenters. The molecule has 0 heterocycles. The lowest BCUT2D eigenvalue weighted by Crippen LogP contribution is -2.07. The van der Waals surface area contributed by atoms with E-state index in [0.717, 1.165) is 11.8 Å². The van der Waals surface area contributed by atoms with E-state index in [1.54, 1.807) is 0 Å². The Labute approximate surface area is 51.7 Å². The van der Waals surface area contributed by atoms with Crippen molar-refractivity contribution >= 4 is 18.0 Å². The fourth-order valence-corrected chi connectivity index (χ4v) is 0.609. The smallest absolute Gasteiger partial charge is 0.129 e. The van der Waals surface area contributed by atoms with Gasteiger partial charge in [-0.1, -0.05) is 0 Å². The maximum absolute atomic E-state index is 9.61. The highest BCUT2D eigenvalue weighted by atomic mass is 32.2. The average Bonchev–Trinajstić information content (AvgIpc) is 1.83. The number of aliphatic hydroxyl groups is 2. The van der Waals surface area contributed by atoms with Crippen molar-refractivity contribution in [2.45, 2.75) is 5.44 Å². The summed E-state index contributed by atoms with van der Waals surface area (Å²) in [6.45, 7) is -0.293. The highest BCUT2D eigenvalue weighted by Gasteiger charge is 1.98. The quantitative estimate of drug-likeness (QED) is 0.393. The molecule has 0 fully saturated rings. The van der Waals surface area contributed by atoms with Crippen LogP contribution in [0.25, 0.3) is 0 Å². The van der Waals surface area contributed by atoms with E-state index in [1.165, 1.54) is 0 Å². The topological polar surface area (TPSA) is 57.5 Å². The normalized spacial score (nSPS) is 13.2. The van der Waals surface area contributed by atoms with Crippen molar-refractivity contribution in [1.29, 1.82) is 0 Å². The van der Waals surface area contributed by atoms with Gasteiger partial charge in [-0.3, -0.25) is 0 Å². The molecule has 0 amide bonds. The Morgan fingerprint density at radius 3 is 2.75 bits per heavy atom. The van der Waals surface area contributed by atoms with Gasteiger partial charge in [0.05, 0.1) is 12.4 Å². The van der Waals surface area contributed by atoms with Crippen LogP contribution in [-0.4, -0.2) is 34.3 Å². The zero-order chi connectivity index (χ0) is 6.41. The molecular formula is C4H8O3S. The van der Waals surface area contributed by atoms with Crippen molar-refractivity contribution in [1.82, 2.24) is 0 Å². The number of hydrogen-bond donors (Lipinski definition) is 2. The van der Waals surface area contributed by atoms with Gasteiger partial charge in [0.15, 0.2) is 0 Å². The Kier molecular flexibility index (Phi) is 5.05. The molecule has 8 heavy (non-hydrogen) atoms. The van der Waals surface area contributed by atoms with Gasteiger partial charge in [0.25, 0.3) is 0 Å².